The minimum Gasteiger partial charge on any atom is -0.469 e. The fraction of sp³-hybridized carbons (Fsp3) is 0.800. The van der Waals surface area contributed by atoms with Crippen molar-refractivity contribution in [3.63, 3.8) is 0 Å². The summed E-state index contributed by atoms with van der Waals surface area (Å²) in [5, 5.41) is 2.88. The van der Waals surface area contributed by atoms with Gasteiger partial charge in [0, 0.05) is 26.1 Å². The molecular weight excluding hydrogens is 196 g/mol. The normalized spacial score (nSPS) is 14.5. The van der Waals surface area contributed by atoms with Crippen LogP contribution in [0, 0.1) is 0 Å². The van der Waals surface area contributed by atoms with Crippen LogP contribution in [0.25, 0.3) is 0 Å². The van der Waals surface area contributed by atoms with Crippen molar-refractivity contribution in [2.24, 2.45) is 0 Å². The van der Waals surface area contributed by atoms with Crippen LogP contribution in [0.5, 0.6) is 0 Å². The number of rotatable bonds is 5. The second-order valence-electron chi connectivity index (χ2n) is 3.83. The van der Waals surface area contributed by atoms with Crippen LogP contribution in [0.1, 0.15) is 25.7 Å². The molecule has 1 N–H and O–H groups in total. The zero-order valence-electron chi connectivity index (χ0n) is 9.28. The topological polar surface area (TPSA) is 58.6 Å². The lowest BCUT2D eigenvalue weighted by atomic mass is 10.3. The van der Waals surface area contributed by atoms with E-state index >= 15 is 0 Å². The van der Waals surface area contributed by atoms with E-state index in [0.717, 1.165) is 12.8 Å². The lowest BCUT2D eigenvalue weighted by Gasteiger charge is -2.17. The summed E-state index contributed by atoms with van der Waals surface area (Å²) in [5.74, 6) is -0.231. The van der Waals surface area contributed by atoms with Gasteiger partial charge in [0.1, 0.15) is 0 Å². The number of hydrogen-bond acceptors (Lipinski definition) is 3. The summed E-state index contributed by atoms with van der Waals surface area (Å²) in [6.07, 6.45) is 3.17. The number of carbonyl (C=O) groups is 2. The maximum Gasteiger partial charge on any atom is 0.317 e. The lowest BCUT2D eigenvalue weighted by molar-refractivity contribution is -0.140. The Hall–Kier alpha value is -1.26. The maximum absolute atomic E-state index is 11.4. The molecule has 5 nitrogen and oxygen atoms in total. The predicted molar refractivity (Wildman–Crippen MR) is 55.4 cm³/mol. The Bertz CT molecular complexity index is 239. The van der Waals surface area contributed by atoms with Gasteiger partial charge in [-0.05, 0) is 19.3 Å². The van der Waals surface area contributed by atoms with Crippen LogP contribution in [0.15, 0.2) is 0 Å². The quantitative estimate of drug-likeness (QED) is 0.687. The van der Waals surface area contributed by atoms with E-state index in [0.29, 0.717) is 25.4 Å². The van der Waals surface area contributed by atoms with Crippen molar-refractivity contribution >= 4 is 12.0 Å². The molecule has 0 radical (unpaired) electrons. The van der Waals surface area contributed by atoms with Gasteiger partial charge in [-0.2, -0.15) is 0 Å². The molecule has 0 saturated heterocycles. The van der Waals surface area contributed by atoms with Crippen molar-refractivity contribution in [2.75, 3.05) is 20.7 Å². The van der Waals surface area contributed by atoms with Crippen LogP contribution in [-0.4, -0.2) is 43.6 Å². The fourth-order valence-electron chi connectivity index (χ4n) is 1.18. The van der Waals surface area contributed by atoms with Gasteiger partial charge < -0.3 is 15.0 Å². The molecule has 0 aromatic rings. The first-order chi connectivity index (χ1) is 7.13. The van der Waals surface area contributed by atoms with E-state index < -0.39 is 0 Å². The standard InChI is InChI=1S/C10H18N2O3/c1-12(7-3-4-9(13)15-2)10(14)11-8-5-6-8/h8H,3-7H2,1-2H3,(H,11,14). The first-order valence-corrected chi connectivity index (χ1v) is 5.22. The molecule has 0 unspecified atom stereocenters. The van der Waals surface area contributed by atoms with Gasteiger partial charge in [-0.1, -0.05) is 0 Å². The number of urea groups is 1. The highest BCUT2D eigenvalue weighted by molar-refractivity contribution is 5.74. The fourth-order valence-corrected chi connectivity index (χ4v) is 1.18. The largest absolute Gasteiger partial charge is 0.469 e. The third-order valence-corrected chi connectivity index (χ3v) is 2.35. The van der Waals surface area contributed by atoms with Gasteiger partial charge in [-0.25, -0.2) is 4.79 Å². The highest BCUT2D eigenvalue weighted by Gasteiger charge is 2.24. The van der Waals surface area contributed by atoms with Gasteiger partial charge in [0.15, 0.2) is 0 Å². The molecule has 2 amide bonds. The number of methoxy groups -OCH3 is 1. The molecule has 0 spiro atoms. The number of carbonyl (C=O) groups excluding carboxylic acids is 2. The summed E-state index contributed by atoms with van der Waals surface area (Å²) >= 11 is 0. The Morgan fingerprint density at radius 1 is 1.47 bits per heavy atom. The number of esters is 1. The van der Waals surface area contributed by atoms with E-state index in [1.54, 1.807) is 11.9 Å². The van der Waals surface area contributed by atoms with Gasteiger partial charge >= 0.3 is 12.0 Å². The average molecular weight is 214 g/mol. The van der Waals surface area contributed by atoms with E-state index in [9.17, 15) is 9.59 Å². The Morgan fingerprint density at radius 2 is 2.13 bits per heavy atom. The van der Waals surface area contributed by atoms with E-state index in [2.05, 4.69) is 10.1 Å². The molecule has 1 aliphatic rings. The number of nitrogens with zero attached hydrogens (tertiary/aromatic N) is 1. The summed E-state index contributed by atoms with van der Waals surface area (Å²) in [4.78, 5) is 23.8. The Balaban J connectivity index is 2.08. The number of ether oxygens (including phenoxy) is 1. The third kappa shape index (κ3) is 4.67. The first-order valence-electron chi connectivity index (χ1n) is 5.22. The smallest absolute Gasteiger partial charge is 0.317 e. The van der Waals surface area contributed by atoms with Crippen molar-refractivity contribution < 1.29 is 14.3 Å². The highest BCUT2D eigenvalue weighted by Crippen LogP contribution is 2.18. The number of nitrogens with one attached hydrogen (secondary N) is 1. The Morgan fingerprint density at radius 3 is 2.67 bits per heavy atom. The van der Waals surface area contributed by atoms with Crippen LogP contribution in [-0.2, 0) is 9.53 Å². The van der Waals surface area contributed by atoms with Crippen molar-refractivity contribution in [1.82, 2.24) is 10.2 Å². The second-order valence-corrected chi connectivity index (χ2v) is 3.83. The maximum atomic E-state index is 11.4. The average Bonchev–Trinajstić information content (AvgIpc) is 3.01. The van der Waals surface area contributed by atoms with E-state index in [4.69, 9.17) is 0 Å². The molecule has 1 fully saturated rings. The van der Waals surface area contributed by atoms with Crippen molar-refractivity contribution in [3.05, 3.63) is 0 Å². The molecule has 0 aromatic heterocycles. The zero-order chi connectivity index (χ0) is 11.3. The monoisotopic (exact) mass is 214 g/mol. The van der Waals surface area contributed by atoms with Gasteiger partial charge in [-0.15, -0.1) is 0 Å². The number of hydrogen-bond donors (Lipinski definition) is 1. The predicted octanol–water partition coefficient (Wildman–Crippen LogP) is 0.743. The van der Waals surface area contributed by atoms with Crippen molar-refractivity contribution in [2.45, 2.75) is 31.7 Å². The molecule has 0 aromatic carbocycles. The van der Waals surface area contributed by atoms with Crippen molar-refractivity contribution in [1.29, 1.82) is 0 Å². The van der Waals surface area contributed by atoms with Crippen LogP contribution in [0.4, 0.5) is 4.79 Å². The molecule has 0 heterocycles. The minimum atomic E-state index is -0.231. The zero-order valence-corrected chi connectivity index (χ0v) is 9.28. The molecule has 1 rings (SSSR count). The molecule has 86 valence electrons. The van der Waals surface area contributed by atoms with Gasteiger partial charge in [0.2, 0.25) is 0 Å². The van der Waals surface area contributed by atoms with E-state index in [1.165, 1.54) is 7.11 Å². The molecule has 0 atom stereocenters. The molecule has 0 bridgehead atoms. The molecule has 0 aliphatic heterocycles. The lowest BCUT2D eigenvalue weighted by Crippen LogP contribution is -2.39. The van der Waals surface area contributed by atoms with Gasteiger partial charge in [0.05, 0.1) is 7.11 Å². The molecule has 1 saturated carbocycles. The van der Waals surface area contributed by atoms with Crippen molar-refractivity contribution in [3.8, 4) is 0 Å². The highest BCUT2D eigenvalue weighted by atomic mass is 16.5. The molecule has 15 heavy (non-hydrogen) atoms. The third-order valence-electron chi connectivity index (χ3n) is 2.35. The Kier molecular flexibility index (Phi) is 4.39. The Labute approximate surface area is 89.8 Å². The molecular formula is C10H18N2O3. The van der Waals surface area contributed by atoms with E-state index in [1.807, 2.05) is 0 Å². The van der Waals surface area contributed by atoms with Crippen LogP contribution in [0.3, 0.4) is 0 Å². The van der Waals surface area contributed by atoms with E-state index in [-0.39, 0.29) is 12.0 Å². The summed E-state index contributed by atoms with van der Waals surface area (Å²) in [7, 11) is 3.10. The van der Waals surface area contributed by atoms with Crippen LogP contribution in [0.2, 0.25) is 0 Å². The first kappa shape index (κ1) is 11.8. The van der Waals surface area contributed by atoms with Crippen LogP contribution >= 0.6 is 0 Å². The van der Waals surface area contributed by atoms with Gasteiger partial charge in [-0.3, -0.25) is 4.79 Å². The SMILES string of the molecule is COC(=O)CCCN(C)C(=O)NC1CC1. The molecule has 5 heteroatoms. The summed E-state index contributed by atoms with van der Waals surface area (Å²) in [5.41, 5.74) is 0. The number of amides is 2. The minimum absolute atomic E-state index is 0.0534. The summed E-state index contributed by atoms with van der Waals surface area (Å²) < 4.78 is 4.51. The summed E-state index contributed by atoms with van der Waals surface area (Å²) in [6.45, 7) is 0.577. The van der Waals surface area contributed by atoms with Gasteiger partial charge in [0.25, 0.3) is 0 Å². The van der Waals surface area contributed by atoms with Crippen LogP contribution < -0.4 is 5.32 Å². The summed E-state index contributed by atoms with van der Waals surface area (Å²) in [6, 6.07) is 0.322. The second kappa shape index (κ2) is 5.58. The molecule has 1 aliphatic carbocycles.